The molecule has 2 atom stereocenters. The Labute approximate surface area is 285 Å². The number of allylic oxidation sites excluding steroid dienone is 2. The quantitative estimate of drug-likeness (QED) is 0.171. The number of ketones is 1. The number of nitrogens with two attached hydrogens (primary N) is 1. The van der Waals surface area contributed by atoms with E-state index in [1.54, 1.807) is 58.7 Å². The average molecular weight is 684 g/mol. The first-order valence-electron chi connectivity index (χ1n) is 15.9. The molecule has 2 fully saturated rings. The number of primary amides is 1. The summed E-state index contributed by atoms with van der Waals surface area (Å²) >= 11 is 1.50. The van der Waals surface area contributed by atoms with E-state index in [-0.39, 0.29) is 42.0 Å². The topological polar surface area (TPSA) is 178 Å². The van der Waals surface area contributed by atoms with E-state index in [9.17, 15) is 24.0 Å². The molecule has 7 rings (SSSR count). The predicted octanol–water partition coefficient (Wildman–Crippen LogP) is 3.43. The SMILES string of the molecule is Cc1csc2c1[C@@]13CC1CN(C(=O)Nc1cc(CNc4cc(C(=O)Nc5cc(C(=O)NCCC(N)=O)n(C)c5)n(C)c4)n(C)c1)C3=CC2=O. The second kappa shape index (κ2) is 11.8. The highest BCUT2D eigenvalue weighted by Crippen LogP contribution is 2.67. The normalized spacial score (nSPS) is 18.7. The van der Waals surface area contributed by atoms with Gasteiger partial charge in [0.1, 0.15) is 11.4 Å². The Kier molecular flexibility index (Phi) is 7.73. The van der Waals surface area contributed by atoms with Crippen molar-refractivity contribution in [1.29, 1.82) is 0 Å². The summed E-state index contributed by atoms with van der Waals surface area (Å²) in [7, 11) is 5.34. The molecule has 4 aromatic rings. The number of carbonyl (C=O) groups is 5. The highest BCUT2D eigenvalue weighted by molar-refractivity contribution is 7.12. The molecule has 2 aliphatic carbocycles. The van der Waals surface area contributed by atoms with Gasteiger partial charge >= 0.3 is 6.03 Å². The Morgan fingerprint density at radius 1 is 0.939 bits per heavy atom. The maximum atomic E-state index is 13.5. The lowest BCUT2D eigenvalue weighted by atomic mass is 9.84. The number of amides is 5. The number of aromatic nitrogens is 3. The lowest BCUT2D eigenvalue weighted by Gasteiger charge is -2.28. The number of carbonyl (C=O) groups excluding carboxylic acids is 5. The number of likely N-dealkylation sites (tertiary alicyclic amines) is 1. The van der Waals surface area contributed by atoms with Crippen LogP contribution in [0.2, 0.25) is 0 Å². The highest BCUT2D eigenvalue weighted by Gasteiger charge is 2.68. The summed E-state index contributed by atoms with van der Waals surface area (Å²) in [5.74, 6) is -0.945. The van der Waals surface area contributed by atoms with E-state index in [2.05, 4.69) is 21.3 Å². The maximum absolute atomic E-state index is 13.5. The maximum Gasteiger partial charge on any atom is 0.326 e. The molecule has 15 heteroatoms. The Morgan fingerprint density at radius 2 is 1.61 bits per heavy atom. The zero-order valence-corrected chi connectivity index (χ0v) is 28.4. The van der Waals surface area contributed by atoms with Crippen LogP contribution in [0, 0.1) is 12.8 Å². The molecule has 5 amide bonds. The molecule has 0 radical (unpaired) electrons. The molecule has 4 aromatic heterocycles. The van der Waals surface area contributed by atoms with E-state index in [4.69, 9.17) is 5.73 Å². The Bertz CT molecular complexity index is 2100. The fourth-order valence-corrected chi connectivity index (χ4v) is 8.24. The van der Waals surface area contributed by atoms with E-state index in [0.29, 0.717) is 41.8 Å². The number of thiophene rings is 1. The molecule has 0 bridgehead atoms. The highest BCUT2D eigenvalue weighted by atomic mass is 32.1. The van der Waals surface area contributed by atoms with Crippen LogP contribution in [0.5, 0.6) is 0 Å². The average Bonchev–Trinajstić information content (AvgIpc) is 3.55. The van der Waals surface area contributed by atoms with Gasteiger partial charge in [0.2, 0.25) is 5.91 Å². The van der Waals surface area contributed by atoms with Gasteiger partial charge in [-0.3, -0.25) is 24.1 Å². The Balaban J connectivity index is 0.959. The largest absolute Gasteiger partial charge is 0.378 e. The van der Waals surface area contributed by atoms with Crippen LogP contribution in [0.3, 0.4) is 0 Å². The van der Waals surface area contributed by atoms with E-state index in [0.717, 1.165) is 39.5 Å². The second-order valence-electron chi connectivity index (χ2n) is 13.0. The third-order valence-corrected chi connectivity index (χ3v) is 10.7. The Hall–Kier alpha value is -5.57. The van der Waals surface area contributed by atoms with Crippen molar-refractivity contribution in [1.82, 2.24) is 23.9 Å². The predicted molar refractivity (Wildman–Crippen MR) is 185 cm³/mol. The van der Waals surface area contributed by atoms with Crippen molar-refractivity contribution in [2.24, 2.45) is 32.8 Å². The van der Waals surface area contributed by atoms with Crippen molar-refractivity contribution in [2.45, 2.75) is 31.7 Å². The molecule has 6 N–H and O–H groups in total. The van der Waals surface area contributed by atoms with Crippen LogP contribution in [0.25, 0.3) is 0 Å². The zero-order valence-electron chi connectivity index (χ0n) is 27.5. The van der Waals surface area contributed by atoms with Crippen molar-refractivity contribution in [2.75, 3.05) is 29.0 Å². The van der Waals surface area contributed by atoms with E-state index >= 15 is 0 Å². The van der Waals surface area contributed by atoms with Crippen molar-refractivity contribution in [3.63, 3.8) is 0 Å². The van der Waals surface area contributed by atoms with Gasteiger partial charge in [-0.15, -0.1) is 11.3 Å². The summed E-state index contributed by atoms with van der Waals surface area (Å²) in [6, 6.07) is 4.93. The summed E-state index contributed by atoms with van der Waals surface area (Å²) in [6.45, 7) is 3.19. The van der Waals surface area contributed by atoms with Gasteiger partial charge < -0.3 is 40.7 Å². The number of urea groups is 1. The summed E-state index contributed by atoms with van der Waals surface area (Å²) in [5, 5.41) is 13.9. The van der Waals surface area contributed by atoms with Crippen molar-refractivity contribution in [3.05, 3.63) is 87.0 Å². The second-order valence-corrected chi connectivity index (χ2v) is 13.9. The zero-order chi connectivity index (χ0) is 34.8. The van der Waals surface area contributed by atoms with Crippen LogP contribution >= 0.6 is 11.3 Å². The molecule has 1 aliphatic heterocycles. The van der Waals surface area contributed by atoms with Gasteiger partial charge in [-0.1, -0.05) is 0 Å². The van der Waals surface area contributed by atoms with Crippen LogP contribution in [0.4, 0.5) is 21.9 Å². The molecule has 0 aromatic carbocycles. The number of fused-ring (bicyclic) bond motifs is 1. The summed E-state index contributed by atoms with van der Waals surface area (Å²) in [6.07, 6.45) is 7.94. The lowest BCUT2D eigenvalue weighted by molar-refractivity contribution is -0.117. The summed E-state index contributed by atoms with van der Waals surface area (Å²) < 4.78 is 5.21. The van der Waals surface area contributed by atoms with Gasteiger partial charge in [0.25, 0.3) is 11.8 Å². The number of piperidine rings is 1. The third-order valence-electron chi connectivity index (χ3n) is 9.64. The van der Waals surface area contributed by atoms with Crippen LogP contribution in [0.15, 0.2) is 53.9 Å². The standard InChI is InChI=1S/C34H37N9O5S/c1-18-17-49-30-26(44)10-27-34(29(18)30)11-19(34)13-43(27)33(48)39-21-7-23(40(2)15-21)12-37-20-8-25(41(3)14-20)32(47)38-22-9-24(42(4)16-22)31(46)36-6-5-28(35)45/h7-10,14-17,19,37H,5-6,11-13H2,1-4H3,(H2,35,45)(H,36,46)(H,38,47)(H,39,48)/t19?,34-/m0/s1. The van der Waals surface area contributed by atoms with Crippen LogP contribution in [-0.2, 0) is 37.9 Å². The minimum atomic E-state index is -0.508. The first-order valence-corrected chi connectivity index (χ1v) is 16.8. The molecule has 254 valence electrons. The van der Waals surface area contributed by atoms with Crippen molar-refractivity contribution < 1.29 is 24.0 Å². The van der Waals surface area contributed by atoms with E-state index in [1.165, 1.54) is 11.3 Å². The molecule has 1 unspecified atom stereocenters. The number of aryl methyl sites for hydroxylation is 4. The van der Waals surface area contributed by atoms with Crippen LogP contribution < -0.4 is 27.0 Å². The summed E-state index contributed by atoms with van der Waals surface area (Å²) in [5.41, 5.74) is 11.4. The molecular weight excluding hydrogens is 646 g/mol. The van der Waals surface area contributed by atoms with Crippen molar-refractivity contribution >= 4 is 57.9 Å². The van der Waals surface area contributed by atoms with Gasteiger partial charge in [0, 0.05) is 82.1 Å². The van der Waals surface area contributed by atoms with Gasteiger partial charge in [0.05, 0.1) is 28.5 Å². The monoisotopic (exact) mass is 683 g/mol. The minimum Gasteiger partial charge on any atom is -0.378 e. The lowest BCUT2D eigenvalue weighted by Crippen LogP contribution is -2.36. The van der Waals surface area contributed by atoms with E-state index in [1.807, 2.05) is 36.2 Å². The van der Waals surface area contributed by atoms with Gasteiger partial charge in [-0.2, -0.15) is 0 Å². The molecule has 5 heterocycles. The Morgan fingerprint density at radius 3 is 2.37 bits per heavy atom. The number of hydrogen-bond acceptors (Lipinski definition) is 7. The van der Waals surface area contributed by atoms with Crippen molar-refractivity contribution in [3.8, 4) is 0 Å². The first kappa shape index (κ1) is 32.0. The fraction of sp³-hybridized carbons (Fsp3) is 0.324. The molecule has 1 saturated heterocycles. The van der Waals surface area contributed by atoms with E-state index < -0.39 is 5.91 Å². The number of nitrogens with zero attached hydrogens (tertiary/aromatic N) is 4. The molecule has 1 saturated carbocycles. The fourth-order valence-electron chi connectivity index (χ4n) is 7.19. The molecule has 1 spiro atoms. The number of anilines is 3. The third kappa shape index (κ3) is 5.59. The van der Waals surface area contributed by atoms with Gasteiger partial charge in [-0.05, 0) is 54.0 Å². The minimum absolute atomic E-state index is 0.0258. The first-order chi connectivity index (χ1) is 23.3. The number of nitrogens with one attached hydrogen (secondary N) is 4. The smallest absolute Gasteiger partial charge is 0.326 e. The molecular formula is C34H37N9O5S. The van der Waals surface area contributed by atoms with Crippen LogP contribution in [0.1, 0.15) is 60.3 Å². The van der Waals surface area contributed by atoms with Gasteiger partial charge in [0.15, 0.2) is 5.78 Å². The van der Waals surface area contributed by atoms with Gasteiger partial charge in [-0.25, -0.2) is 4.79 Å². The van der Waals surface area contributed by atoms with Crippen LogP contribution in [-0.4, -0.2) is 61.2 Å². The molecule has 49 heavy (non-hydrogen) atoms. The molecule has 3 aliphatic rings. The summed E-state index contributed by atoms with van der Waals surface area (Å²) in [4.78, 5) is 65.5. The number of rotatable bonds is 10. The molecule has 14 nitrogen and oxygen atoms in total. The number of hydrogen-bond donors (Lipinski definition) is 5.